The number of carbonyl (C=O) groups is 3. The standard InChI is InChI=1S/C20H14O6/c1-11-6-8-12(9-7-11)17(21)15-10-26-18(16(15)20(24)25)13-4-2-3-5-14(13)19(22)23/h2-10H,1H3,(H,22,23)(H,24,25). The van der Waals surface area contributed by atoms with E-state index < -0.39 is 17.7 Å². The first-order valence-electron chi connectivity index (χ1n) is 7.69. The van der Waals surface area contributed by atoms with E-state index in [9.17, 15) is 24.6 Å². The van der Waals surface area contributed by atoms with E-state index in [-0.39, 0.29) is 28.0 Å². The number of hydrogen-bond donors (Lipinski definition) is 2. The molecule has 3 aromatic rings. The highest BCUT2D eigenvalue weighted by Gasteiger charge is 2.28. The van der Waals surface area contributed by atoms with Crippen LogP contribution in [-0.4, -0.2) is 27.9 Å². The predicted octanol–water partition coefficient (Wildman–Crippen LogP) is 3.88. The van der Waals surface area contributed by atoms with Gasteiger partial charge in [0.05, 0.1) is 11.1 Å². The fourth-order valence-electron chi connectivity index (χ4n) is 2.66. The summed E-state index contributed by atoms with van der Waals surface area (Å²) in [6.45, 7) is 1.87. The van der Waals surface area contributed by atoms with Gasteiger partial charge in [0.15, 0.2) is 5.78 Å². The molecule has 6 heteroatoms. The van der Waals surface area contributed by atoms with Crippen LogP contribution in [0.4, 0.5) is 0 Å². The van der Waals surface area contributed by atoms with Crippen molar-refractivity contribution in [2.45, 2.75) is 6.92 Å². The third-order valence-electron chi connectivity index (χ3n) is 3.97. The molecule has 0 unspecified atom stereocenters. The lowest BCUT2D eigenvalue weighted by atomic mass is 9.96. The minimum Gasteiger partial charge on any atom is -0.478 e. The van der Waals surface area contributed by atoms with Crippen LogP contribution in [0, 0.1) is 6.92 Å². The number of carboxylic acid groups (broad SMARTS) is 2. The topological polar surface area (TPSA) is 105 Å². The molecule has 2 aromatic carbocycles. The molecule has 0 spiro atoms. The first-order valence-corrected chi connectivity index (χ1v) is 7.69. The summed E-state index contributed by atoms with van der Waals surface area (Å²) in [4.78, 5) is 35.9. The monoisotopic (exact) mass is 350 g/mol. The number of ketones is 1. The zero-order valence-electron chi connectivity index (χ0n) is 13.7. The predicted molar refractivity (Wildman–Crippen MR) is 92.7 cm³/mol. The highest BCUT2D eigenvalue weighted by atomic mass is 16.4. The first kappa shape index (κ1) is 17.2. The van der Waals surface area contributed by atoms with Gasteiger partial charge in [0.25, 0.3) is 0 Å². The quantitative estimate of drug-likeness (QED) is 0.677. The Bertz CT molecular complexity index is 1010. The number of carboxylic acids is 2. The molecule has 3 rings (SSSR count). The van der Waals surface area contributed by atoms with Gasteiger partial charge in [-0.05, 0) is 13.0 Å². The Balaban J connectivity index is 2.17. The summed E-state index contributed by atoms with van der Waals surface area (Å²) < 4.78 is 5.34. The van der Waals surface area contributed by atoms with Crippen LogP contribution in [0.3, 0.4) is 0 Å². The van der Waals surface area contributed by atoms with Gasteiger partial charge in [0.1, 0.15) is 17.6 Å². The molecule has 0 saturated heterocycles. The van der Waals surface area contributed by atoms with E-state index in [0.717, 1.165) is 11.8 Å². The van der Waals surface area contributed by atoms with Crippen molar-refractivity contribution in [3.05, 3.63) is 82.6 Å². The van der Waals surface area contributed by atoms with Gasteiger partial charge in [-0.3, -0.25) is 4.79 Å². The van der Waals surface area contributed by atoms with Gasteiger partial charge >= 0.3 is 11.9 Å². The van der Waals surface area contributed by atoms with Crippen LogP contribution < -0.4 is 0 Å². The molecule has 0 saturated carbocycles. The van der Waals surface area contributed by atoms with Gasteiger partial charge in [0, 0.05) is 11.1 Å². The van der Waals surface area contributed by atoms with Gasteiger partial charge in [-0.1, -0.05) is 48.0 Å². The molecule has 0 aliphatic heterocycles. The number of aryl methyl sites for hydroxylation is 1. The second-order valence-electron chi connectivity index (χ2n) is 5.70. The van der Waals surface area contributed by atoms with E-state index in [1.54, 1.807) is 30.3 Å². The minimum atomic E-state index is -1.37. The zero-order chi connectivity index (χ0) is 18.8. The van der Waals surface area contributed by atoms with Crippen LogP contribution in [0.15, 0.2) is 59.2 Å². The van der Waals surface area contributed by atoms with Crippen molar-refractivity contribution in [1.29, 1.82) is 0 Å². The molecule has 0 aliphatic rings. The lowest BCUT2D eigenvalue weighted by Crippen LogP contribution is -2.09. The van der Waals surface area contributed by atoms with Crippen LogP contribution in [0.25, 0.3) is 11.3 Å². The average molecular weight is 350 g/mol. The smallest absolute Gasteiger partial charge is 0.340 e. The molecular weight excluding hydrogens is 336 g/mol. The summed E-state index contributed by atoms with van der Waals surface area (Å²) in [5.41, 5.74) is 0.778. The maximum absolute atomic E-state index is 12.7. The summed E-state index contributed by atoms with van der Waals surface area (Å²) in [6, 6.07) is 12.6. The number of rotatable bonds is 5. The molecule has 0 bridgehead atoms. The Morgan fingerprint density at radius 1 is 0.846 bits per heavy atom. The van der Waals surface area contributed by atoms with Crippen molar-refractivity contribution in [3.63, 3.8) is 0 Å². The lowest BCUT2D eigenvalue weighted by Gasteiger charge is -2.05. The van der Waals surface area contributed by atoms with E-state index in [0.29, 0.717) is 5.56 Å². The van der Waals surface area contributed by atoms with Gasteiger partial charge in [0.2, 0.25) is 0 Å². The normalized spacial score (nSPS) is 10.5. The number of aromatic carboxylic acids is 2. The lowest BCUT2D eigenvalue weighted by molar-refractivity contribution is 0.0682. The average Bonchev–Trinajstić information content (AvgIpc) is 3.07. The van der Waals surface area contributed by atoms with Crippen LogP contribution >= 0.6 is 0 Å². The molecule has 0 amide bonds. The molecule has 1 heterocycles. The van der Waals surface area contributed by atoms with Crippen molar-refractivity contribution in [3.8, 4) is 11.3 Å². The molecule has 26 heavy (non-hydrogen) atoms. The Kier molecular flexibility index (Phi) is 4.41. The third kappa shape index (κ3) is 3.00. The van der Waals surface area contributed by atoms with Crippen molar-refractivity contribution in [1.82, 2.24) is 0 Å². The van der Waals surface area contributed by atoms with Crippen LogP contribution in [0.2, 0.25) is 0 Å². The highest BCUT2D eigenvalue weighted by Crippen LogP contribution is 2.32. The van der Waals surface area contributed by atoms with Crippen LogP contribution in [0.1, 0.15) is 42.2 Å². The van der Waals surface area contributed by atoms with Crippen LogP contribution in [-0.2, 0) is 0 Å². The van der Waals surface area contributed by atoms with E-state index in [2.05, 4.69) is 0 Å². The maximum atomic E-state index is 12.7. The molecule has 0 atom stereocenters. The van der Waals surface area contributed by atoms with Gasteiger partial charge in [-0.25, -0.2) is 9.59 Å². The van der Waals surface area contributed by atoms with E-state index >= 15 is 0 Å². The second-order valence-corrected chi connectivity index (χ2v) is 5.70. The first-order chi connectivity index (χ1) is 12.4. The molecule has 130 valence electrons. The molecule has 2 N–H and O–H groups in total. The van der Waals surface area contributed by atoms with Crippen molar-refractivity contribution in [2.75, 3.05) is 0 Å². The molecule has 6 nitrogen and oxygen atoms in total. The molecule has 0 aliphatic carbocycles. The number of benzene rings is 2. The van der Waals surface area contributed by atoms with Crippen LogP contribution in [0.5, 0.6) is 0 Å². The van der Waals surface area contributed by atoms with Crippen molar-refractivity contribution >= 4 is 17.7 Å². The van der Waals surface area contributed by atoms with E-state index in [4.69, 9.17) is 4.42 Å². The van der Waals surface area contributed by atoms with Gasteiger partial charge in [-0.2, -0.15) is 0 Å². The highest BCUT2D eigenvalue weighted by molar-refractivity contribution is 6.16. The zero-order valence-corrected chi connectivity index (χ0v) is 13.7. The fraction of sp³-hybridized carbons (Fsp3) is 0.0500. The Morgan fingerprint density at radius 3 is 2.12 bits per heavy atom. The summed E-state index contributed by atoms with van der Waals surface area (Å²) >= 11 is 0. The minimum absolute atomic E-state index is 0.0976. The summed E-state index contributed by atoms with van der Waals surface area (Å²) in [5.74, 6) is -3.26. The number of hydrogen-bond acceptors (Lipinski definition) is 4. The fourth-order valence-corrected chi connectivity index (χ4v) is 2.66. The molecular formula is C20H14O6. The van der Waals surface area contributed by atoms with E-state index in [1.807, 2.05) is 6.92 Å². The summed E-state index contributed by atoms with van der Waals surface area (Å²) in [7, 11) is 0. The third-order valence-corrected chi connectivity index (χ3v) is 3.97. The van der Waals surface area contributed by atoms with Crippen molar-refractivity contribution in [2.24, 2.45) is 0 Å². The Labute approximate surface area is 148 Å². The second kappa shape index (κ2) is 6.68. The van der Waals surface area contributed by atoms with Gasteiger partial charge < -0.3 is 14.6 Å². The Hall–Kier alpha value is -3.67. The largest absolute Gasteiger partial charge is 0.478 e. The molecule has 0 fully saturated rings. The molecule has 1 aromatic heterocycles. The molecule has 0 radical (unpaired) electrons. The summed E-state index contributed by atoms with van der Waals surface area (Å²) in [5, 5.41) is 18.9. The van der Waals surface area contributed by atoms with E-state index in [1.165, 1.54) is 18.2 Å². The summed E-state index contributed by atoms with van der Waals surface area (Å²) in [6.07, 6.45) is 1.06. The van der Waals surface area contributed by atoms with Crippen molar-refractivity contribution < 1.29 is 29.0 Å². The SMILES string of the molecule is Cc1ccc(C(=O)c2coc(-c3ccccc3C(=O)O)c2C(=O)O)cc1. The van der Waals surface area contributed by atoms with Gasteiger partial charge in [-0.15, -0.1) is 0 Å². The maximum Gasteiger partial charge on any atom is 0.340 e. The number of furan rings is 1. The number of carbonyl (C=O) groups excluding carboxylic acids is 1. The Morgan fingerprint density at radius 2 is 1.50 bits per heavy atom.